The minimum Gasteiger partial charge on any atom is -0.481 e. The van der Waals surface area contributed by atoms with Crippen molar-refractivity contribution in [1.29, 1.82) is 0 Å². The van der Waals surface area contributed by atoms with Crippen LogP contribution < -0.4 is 5.32 Å². The predicted molar refractivity (Wildman–Crippen MR) is 68.3 cm³/mol. The van der Waals surface area contributed by atoms with Crippen molar-refractivity contribution >= 4 is 23.8 Å². The standard InChI is InChI=1S/C11H20N2O3S/c1-8(7-17-2)12-11(16)13-5-3-4-9(6-13)10(14)15/h8-9H,3-7H2,1-2H3,(H,12,16)(H,14,15)/t8?,9-/m1/s1. The van der Waals surface area contributed by atoms with E-state index < -0.39 is 11.9 Å². The van der Waals surface area contributed by atoms with Gasteiger partial charge in [-0.15, -0.1) is 0 Å². The fraction of sp³-hybridized carbons (Fsp3) is 0.818. The number of piperidine rings is 1. The molecule has 1 unspecified atom stereocenters. The first-order chi connectivity index (χ1) is 8.04. The number of nitrogens with zero attached hydrogens (tertiary/aromatic N) is 1. The van der Waals surface area contributed by atoms with Crippen LogP contribution in [0.4, 0.5) is 4.79 Å². The van der Waals surface area contributed by atoms with Crippen molar-refractivity contribution in [3.63, 3.8) is 0 Å². The Morgan fingerprint density at radius 2 is 2.29 bits per heavy atom. The highest BCUT2D eigenvalue weighted by molar-refractivity contribution is 7.98. The third-order valence-corrected chi connectivity index (χ3v) is 3.68. The van der Waals surface area contributed by atoms with Crippen molar-refractivity contribution in [1.82, 2.24) is 10.2 Å². The van der Waals surface area contributed by atoms with Crippen molar-refractivity contribution in [3.05, 3.63) is 0 Å². The maximum atomic E-state index is 11.9. The van der Waals surface area contributed by atoms with Crippen LogP contribution in [0.15, 0.2) is 0 Å². The first kappa shape index (κ1) is 14.2. The van der Waals surface area contributed by atoms with Crippen LogP contribution in [0.2, 0.25) is 0 Å². The van der Waals surface area contributed by atoms with E-state index in [0.29, 0.717) is 19.5 Å². The molecule has 2 amide bonds. The van der Waals surface area contributed by atoms with Crippen molar-refractivity contribution in [2.24, 2.45) is 5.92 Å². The summed E-state index contributed by atoms with van der Waals surface area (Å²) >= 11 is 1.68. The molecule has 1 heterocycles. The average molecular weight is 260 g/mol. The quantitative estimate of drug-likeness (QED) is 0.798. The van der Waals surface area contributed by atoms with Crippen molar-refractivity contribution < 1.29 is 14.7 Å². The highest BCUT2D eigenvalue weighted by Gasteiger charge is 2.28. The number of carbonyl (C=O) groups is 2. The first-order valence-corrected chi connectivity index (χ1v) is 7.21. The molecule has 98 valence electrons. The number of likely N-dealkylation sites (tertiary alicyclic amines) is 1. The van der Waals surface area contributed by atoms with Crippen LogP contribution in [-0.2, 0) is 4.79 Å². The summed E-state index contributed by atoms with van der Waals surface area (Å²) < 4.78 is 0. The largest absolute Gasteiger partial charge is 0.481 e. The molecule has 1 fully saturated rings. The highest BCUT2D eigenvalue weighted by Crippen LogP contribution is 2.16. The maximum Gasteiger partial charge on any atom is 0.317 e. The molecule has 1 aliphatic rings. The maximum absolute atomic E-state index is 11.9. The van der Waals surface area contributed by atoms with E-state index in [9.17, 15) is 9.59 Å². The molecule has 1 rings (SSSR count). The van der Waals surface area contributed by atoms with E-state index in [-0.39, 0.29) is 12.1 Å². The van der Waals surface area contributed by atoms with Crippen LogP contribution in [0.5, 0.6) is 0 Å². The molecule has 17 heavy (non-hydrogen) atoms. The van der Waals surface area contributed by atoms with E-state index in [1.165, 1.54) is 0 Å². The summed E-state index contributed by atoms with van der Waals surface area (Å²) in [6.07, 6.45) is 3.42. The smallest absolute Gasteiger partial charge is 0.317 e. The Bertz CT molecular complexity index is 286. The lowest BCUT2D eigenvalue weighted by Gasteiger charge is -2.31. The molecule has 2 atom stereocenters. The lowest BCUT2D eigenvalue weighted by atomic mass is 9.99. The summed E-state index contributed by atoms with van der Waals surface area (Å²) in [7, 11) is 0. The van der Waals surface area contributed by atoms with Crippen LogP contribution in [0, 0.1) is 5.92 Å². The summed E-state index contributed by atoms with van der Waals surface area (Å²) in [5.74, 6) is -0.355. The third-order valence-electron chi connectivity index (χ3n) is 2.84. The zero-order valence-corrected chi connectivity index (χ0v) is 11.1. The number of amides is 2. The SMILES string of the molecule is CSCC(C)NC(=O)N1CCC[C@@H](C(=O)O)C1. The molecular weight excluding hydrogens is 240 g/mol. The number of carboxylic acids is 1. The minimum atomic E-state index is -0.806. The molecule has 1 aliphatic heterocycles. The monoisotopic (exact) mass is 260 g/mol. The van der Waals surface area contributed by atoms with Gasteiger partial charge in [-0.05, 0) is 26.0 Å². The van der Waals surface area contributed by atoms with Crippen LogP contribution in [0.25, 0.3) is 0 Å². The molecule has 0 aliphatic carbocycles. The van der Waals surface area contributed by atoms with Gasteiger partial charge in [0.25, 0.3) is 0 Å². The fourth-order valence-electron chi connectivity index (χ4n) is 1.96. The van der Waals surface area contributed by atoms with E-state index in [2.05, 4.69) is 5.32 Å². The normalized spacial score (nSPS) is 22.0. The Labute approximate surface area is 106 Å². The van der Waals surface area contributed by atoms with E-state index in [4.69, 9.17) is 5.11 Å². The molecule has 0 aromatic carbocycles. The molecule has 5 nitrogen and oxygen atoms in total. The van der Waals surface area contributed by atoms with E-state index in [0.717, 1.165) is 12.2 Å². The van der Waals surface area contributed by atoms with Gasteiger partial charge in [-0.2, -0.15) is 11.8 Å². The molecule has 0 spiro atoms. The van der Waals surface area contributed by atoms with Gasteiger partial charge in [-0.3, -0.25) is 4.79 Å². The predicted octanol–water partition coefficient (Wildman–Crippen LogP) is 1.24. The third kappa shape index (κ3) is 4.46. The minimum absolute atomic E-state index is 0.114. The number of thioether (sulfide) groups is 1. The number of hydrogen-bond donors (Lipinski definition) is 2. The average Bonchev–Trinajstić information content (AvgIpc) is 2.29. The van der Waals surface area contributed by atoms with Gasteiger partial charge in [-0.25, -0.2) is 4.79 Å². The second-order valence-electron chi connectivity index (χ2n) is 4.43. The molecule has 0 bridgehead atoms. The number of carboxylic acid groups (broad SMARTS) is 1. The Balaban J connectivity index is 2.43. The van der Waals surface area contributed by atoms with E-state index >= 15 is 0 Å². The Morgan fingerprint density at radius 1 is 1.59 bits per heavy atom. The van der Waals surface area contributed by atoms with E-state index in [1.807, 2.05) is 13.2 Å². The fourth-order valence-corrected chi connectivity index (χ4v) is 2.54. The van der Waals surface area contributed by atoms with Gasteiger partial charge in [0.1, 0.15) is 0 Å². The number of hydrogen-bond acceptors (Lipinski definition) is 3. The second kappa shape index (κ2) is 6.74. The number of nitrogens with one attached hydrogen (secondary N) is 1. The van der Waals surface area contributed by atoms with Gasteiger partial charge in [0.05, 0.1) is 5.92 Å². The molecule has 1 saturated heterocycles. The van der Waals surface area contributed by atoms with Crippen molar-refractivity contribution in [2.75, 3.05) is 25.1 Å². The van der Waals surface area contributed by atoms with Gasteiger partial charge in [-0.1, -0.05) is 0 Å². The summed E-state index contributed by atoms with van der Waals surface area (Å²) in [5.41, 5.74) is 0. The molecular formula is C11H20N2O3S. The van der Waals surface area contributed by atoms with Gasteiger partial charge < -0.3 is 15.3 Å². The Morgan fingerprint density at radius 3 is 2.88 bits per heavy atom. The molecule has 0 aromatic rings. The highest BCUT2D eigenvalue weighted by atomic mass is 32.2. The number of rotatable bonds is 4. The Hall–Kier alpha value is -0.910. The van der Waals surface area contributed by atoms with Crippen molar-refractivity contribution in [2.45, 2.75) is 25.8 Å². The van der Waals surface area contributed by atoms with Crippen LogP contribution in [-0.4, -0.2) is 53.1 Å². The topological polar surface area (TPSA) is 69.6 Å². The summed E-state index contributed by atoms with van der Waals surface area (Å²) in [6.45, 7) is 2.93. The molecule has 2 N–H and O–H groups in total. The molecule has 0 radical (unpaired) electrons. The van der Waals surface area contributed by atoms with Gasteiger partial charge in [0.2, 0.25) is 0 Å². The van der Waals surface area contributed by atoms with Crippen molar-refractivity contribution in [3.8, 4) is 0 Å². The molecule has 6 heteroatoms. The lowest BCUT2D eigenvalue weighted by Crippen LogP contribution is -2.49. The van der Waals surface area contributed by atoms with Crippen LogP contribution in [0.1, 0.15) is 19.8 Å². The summed E-state index contributed by atoms with van der Waals surface area (Å²) in [6, 6.07) is -0.0276. The Kier molecular flexibility index (Phi) is 5.61. The zero-order chi connectivity index (χ0) is 12.8. The summed E-state index contributed by atoms with van der Waals surface area (Å²) in [5, 5.41) is 11.8. The number of carbonyl (C=O) groups excluding carboxylic acids is 1. The summed E-state index contributed by atoms with van der Waals surface area (Å²) in [4.78, 5) is 24.4. The van der Waals surface area contributed by atoms with E-state index in [1.54, 1.807) is 16.7 Å². The van der Waals surface area contributed by atoms with Gasteiger partial charge in [0, 0.05) is 24.9 Å². The number of urea groups is 1. The zero-order valence-electron chi connectivity index (χ0n) is 10.3. The van der Waals surface area contributed by atoms with Gasteiger partial charge in [0.15, 0.2) is 0 Å². The first-order valence-electron chi connectivity index (χ1n) is 5.81. The lowest BCUT2D eigenvalue weighted by molar-refractivity contribution is -0.143. The number of aliphatic carboxylic acids is 1. The molecule has 0 aromatic heterocycles. The second-order valence-corrected chi connectivity index (χ2v) is 5.34. The molecule has 0 saturated carbocycles. The van der Waals surface area contributed by atoms with Crippen LogP contribution >= 0.6 is 11.8 Å². The van der Waals surface area contributed by atoms with Crippen LogP contribution in [0.3, 0.4) is 0 Å². The van der Waals surface area contributed by atoms with Gasteiger partial charge >= 0.3 is 12.0 Å².